The third-order valence-corrected chi connectivity index (χ3v) is 3.76. The molecule has 3 heterocycles. The number of aromatic nitrogens is 3. The zero-order valence-electron chi connectivity index (χ0n) is 11.7. The molecule has 1 amide bonds. The third kappa shape index (κ3) is 2.45. The molecule has 0 unspecified atom stereocenters. The van der Waals surface area contributed by atoms with Gasteiger partial charge in [-0.3, -0.25) is 4.79 Å². The van der Waals surface area contributed by atoms with E-state index in [1.54, 1.807) is 12.5 Å². The summed E-state index contributed by atoms with van der Waals surface area (Å²) in [7, 11) is 1.94. The second kappa shape index (κ2) is 5.48. The molecule has 6 nitrogen and oxygen atoms in total. The summed E-state index contributed by atoms with van der Waals surface area (Å²) in [5.41, 5.74) is 1.81. The van der Waals surface area contributed by atoms with Crippen molar-refractivity contribution in [3.05, 3.63) is 18.6 Å². The van der Waals surface area contributed by atoms with Crippen LogP contribution in [0.1, 0.15) is 19.3 Å². The molecule has 0 aliphatic carbocycles. The minimum atomic E-state index is 0.138. The van der Waals surface area contributed by atoms with Crippen LogP contribution in [0.2, 0.25) is 0 Å². The number of carbonyl (C=O) groups is 1. The van der Waals surface area contributed by atoms with Gasteiger partial charge in [-0.1, -0.05) is 0 Å². The highest BCUT2D eigenvalue weighted by molar-refractivity contribution is 5.88. The predicted octanol–water partition coefficient (Wildman–Crippen LogP) is 1.39. The number of rotatable bonds is 3. The molecule has 106 valence electrons. The second-order valence-electron chi connectivity index (χ2n) is 5.18. The molecule has 3 rings (SSSR count). The fraction of sp³-hybridized carbons (Fsp3) is 0.500. The smallest absolute Gasteiger partial charge is 0.241 e. The first-order valence-electron chi connectivity index (χ1n) is 7.03. The quantitative estimate of drug-likeness (QED) is 0.918. The molecule has 0 radical (unpaired) electrons. The van der Waals surface area contributed by atoms with Crippen molar-refractivity contribution in [3.63, 3.8) is 0 Å². The van der Waals surface area contributed by atoms with Gasteiger partial charge in [0.05, 0.1) is 18.4 Å². The number of anilines is 1. The lowest BCUT2D eigenvalue weighted by molar-refractivity contribution is -0.130. The minimum absolute atomic E-state index is 0.138. The van der Waals surface area contributed by atoms with E-state index in [0.717, 1.165) is 37.0 Å². The normalized spacial score (nSPS) is 15.6. The van der Waals surface area contributed by atoms with Crippen molar-refractivity contribution < 1.29 is 4.79 Å². The van der Waals surface area contributed by atoms with Crippen molar-refractivity contribution >= 4 is 22.8 Å². The summed E-state index contributed by atoms with van der Waals surface area (Å²) in [6, 6.07) is 1.92. The van der Waals surface area contributed by atoms with E-state index in [2.05, 4.69) is 15.3 Å². The third-order valence-electron chi connectivity index (χ3n) is 3.76. The van der Waals surface area contributed by atoms with E-state index < -0.39 is 0 Å². The molecule has 2 aromatic heterocycles. The van der Waals surface area contributed by atoms with E-state index in [-0.39, 0.29) is 12.5 Å². The Balaban J connectivity index is 1.69. The van der Waals surface area contributed by atoms with Gasteiger partial charge in [0.1, 0.15) is 5.52 Å². The van der Waals surface area contributed by atoms with Crippen LogP contribution in [0.15, 0.2) is 18.6 Å². The van der Waals surface area contributed by atoms with Crippen LogP contribution >= 0.6 is 0 Å². The number of hydrogen-bond acceptors (Lipinski definition) is 4. The number of carbonyl (C=O) groups excluding carboxylic acids is 1. The Kier molecular flexibility index (Phi) is 3.54. The number of likely N-dealkylation sites (tertiary alicyclic amines) is 1. The van der Waals surface area contributed by atoms with Gasteiger partial charge >= 0.3 is 0 Å². The van der Waals surface area contributed by atoms with E-state index in [9.17, 15) is 4.79 Å². The molecule has 0 atom stereocenters. The Morgan fingerprint density at radius 1 is 1.30 bits per heavy atom. The van der Waals surface area contributed by atoms with Crippen LogP contribution < -0.4 is 5.32 Å². The molecule has 20 heavy (non-hydrogen) atoms. The van der Waals surface area contributed by atoms with Gasteiger partial charge in [0.2, 0.25) is 5.91 Å². The van der Waals surface area contributed by atoms with Gasteiger partial charge in [-0.15, -0.1) is 0 Å². The lowest BCUT2D eigenvalue weighted by Gasteiger charge is -2.26. The molecule has 0 saturated carbocycles. The van der Waals surface area contributed by atoms with Crippen LogP contribution in [0.4, 0.5) is 5.82 Å². The molecule has 1 aliphatic heterocycles. The first kappa shape index (κ1) is 12.9. The largest absolute Gasteiger partial charge is 0.359 e. The van der Waals surface area contributed by atoms with E-state index in [1.807, 2.05) is 22.6 Å². The molecule has 6 heteroatoms. The van der Waals surface area contributed by atoms with Gasteiger partial charge in [0, 0.05) is 26.3 Å². The summed E-state index contributed by atoms with van der Waals surface area (Å²) in [4.78, 5) is 22.6. The maximum Gasteiger partial charge on any atom is 0.241 e. The lowest BCUT2D eigenvalue weighted by Crippen LogP contribution is -2.39. The zero-order chi connectivity index (χ0) is 13.9. The van der Waals surface area contributed by atoms with E-state index in [4.69, 9.17) is 0 Å². The topological polar surface area (TPSA) is 63.1 Å². The first-order chi connectivity index (χ1) is 9.75. The van der Waals surface area contributed by atoms with Gasteiger partial charge in [0.25, 0.3) is 0 Å². The number of hydrogen-bond donors (Lipinski definition) is 1. The van der Waals surface area contributed by atoms with Crippen LogP contribution in [0.25, 0.3) is 11.0 Å². The van der Waals surface area contributed by atoms with Crippen LogP contribution in [-0.2, 0) is 11.8 Å². The van der Waals surface area contributed by atoms with E-state index in [0.29, 0.717) is 5.82 Å². The monoisotopic (exact) mass is 273 g/mol. The number of imidazole rings is 1. The standard InChI is InChI=1S/C14H19N5O/c1-18-10-17-13-11(18)5-6-15-14(13)16-9-12(20)19-7-3-2-4-8-19/h5-6,10H,2-4,7-9H2,1H3,(H,15,16). The van der Waals surface area contributed by atoms with E-state index >= 15 is 0 Å². The van der Waals surface area contributed by atoms with Gasteiger partial charge < -0.3 is 14.8 Å². The van der Waals surface area contributed by atoms with Gasteiger partial charge in [-0.2, -0.15) is 0 Å². The highest BCUT2D eigenvalue weighted by Crippen LogP contribution is 2.18. The zero-order valence-corrected chi connectivity index (χ0v) is 11.7. The summed E-state index contributed by atoms with van der Waals surface area (Å²) in [6.07, 6.45) is 6.94. The van der Waals surface area contributed by atoms with Crippen LogP contribution in [-0.4, -0.2) is 45.0 Å². The Morgan fingerprint density at radius 2 is 2.10 bits per heavy atom. The number of fused-ring (bicyclic) bond motifs is 1. The van der Waals surface area contributed by atoms with Crippen molar-refractivity contribution in [1.29, 1.82) is 0 Å². The number of pyridine rings is 1. The molecule has 1 saturated heterocycles. The fourth-order valence-electron chi connectivity index (χ4n) is 2.61. The van der Waals surface area contributed by atoms with Gasteiger partial charge in [-0.05, 0) is 25.3 Å². The lowest BCUT2D eigenvalue weighted by atomic mass is 10.1. The molecule has 1 aliphatic rings. The molecule has 0 bridgehead atoms. The fourth-order valence-corrected chi connectivity index (χ4v) is 2.61. The molecule has 0 spiro atoms. The van der Waals surface area contributed by atoms with Gasteiger partial charge in [0.15, 0.2) is 5.82 Å². The highest BCUT2D eigenvalue weighted by Gasteiger charge is 2.16. The van der Waals surface area contributed by atoms with Crippen molar-refractivity contribution in [1.82, 2.24) is 19.4 Å². The summed E-state index contributed by atoms with van der Waals surface area (Å²) in [6.45, 7) is 2.03. The number of nitrogens with one attached hydrogen (secondary N) is 1. The van der Waals surface area contributed by atoms with Crippen molar-refractivity contribution in [3.8, 4) is 0 Å². The summed E-state index contributed by atoms with van der Waals surface area (Å²) in [5, 5.41) is 3.12. The summed E-state index contributed by atoms with van der Waals surface area (Å²) < 4.78 is 1.94. The van der Waals surface area contributed by atoms with Gasteiger partial charge in [-0.25, -0.2) is 9.97 Å². The Bertz CT molecular complexity index is 615. The van der Waals surface area contributed by atoms with Crippen LogP contribution in [0, 0.1) is 0 Å². The molecule has 2 aromatic rings. The van der Waals surface area contributed by atoms with Crippen molar-refractivity contribution in [2.75, 3.05) is 25.0 Å². The number of amides is 1. The Labute approximate surface area is 117 Å². The van der Waals surface area contributed by atoms with Crippen LogP contribution in [0.3, 0.4) is 0 Å². The number of aryl methyl sites for hydroxylation is 1. The maximum absolute atomic E-state index is 12.1. The maximum atomic E-state index is 12.1. The minimum Gasteiger partial charge on any atom is -0.359 e. The molecular formula is C14H19N5O. The summed E-state index contributed by atoms with van der Waals surface area (Å²) in [5.74, 6) is 0.813. The molecule has 1 N–H and O–H groups in total. The number of piperidine rings is 1. The second-order valence-corrected chi connectivity index (χ2v) is 5.18. The highest BCUT2D eigenvalue weighted by atomic mass is 16.2. The molecule has 0 aromatic carbocycles. The Hall–Kier alpha value is -2.11. The Morgan fingerprint density at radius 3 is 2.90 bits per heavy atom. The van der Waals surface area contributed by atoms with Crippen molar-refractivity contribution in [2.45, 2.75) is 19.3 Å². The van der Waals surface area contributed by atoms with E-state index in [1.165, 1.54) is 6.42 Å². The summed E-state index contributed by atoms with van der Waals surface area (Å²) >= 11 is 0. The average molecular weight is 273 g/mol. The average Bonchev–Trinajstić information content (AvgIpc) is 2.88. The van der Waals surface area contributed by atoms with Crippen molar-refractivity contribution in [2.24, 2.45) is 7.05 Å². The number of nitrogens with zero attached hydrogens (tertiary/aromatic N) is 4. The molecule has 1 fully saturated rings. The predicted molar refractivity (Wildman–Crippen MR) is 77.4 cm³/mol. The van der Waals surface area contributed by atoms with Crippen LogP contribution in [0.5, 0.6) is 0 Å². The molecular weight excluding hydrogens is 254 g/mol. The SMILES string of the molecule is Cn1cnc2c(NCC(=O)N3CCCCC3)nccc21. The first-order valence-corrected chi connectivity index (χ1v) is 7.03.